The van der Waals surface area contributed by atoms with Gasteiger partial charge in [-0.15, -0.1) is 11.6 Å². The van der Waals surface area contributed by atoms with Gasteiger partial charge in [0.05, 0.1) is 11.6 Å². The average Bonchev–Trinajstić information content (AvgIpc) is 2.86. The van der Waals surface area contributed by atoms with Crippen LogP contribution in [0.3, 0.4) is 0 Å². The van der Waals surface area contributed by atoms with Gasteiger partial charge >= 0.3 is 0 Å². The summed E-state index contributed by atoms with van der Waals surface area (Å²) < 4.78 is 4.18. The Balaban J connectivity index is 2.65. The molecule has 0 saturated carbocycles. The van der Waals surface area contributed by atoms with Gasteiger partial charge in [-0.1, -0.05) is 6.92 Å². The number of aromatic nitrogens is 4. The van der Waals surface area contributed by atoms with E-state index in [0.29, 0.717) is 11.9 Å². The van der Waals surface area contributed by atoms with Crippen molar-refractivity contribution in [2.24, 2.45) is 7.05 Å². The lowest BCUT2D eigenvalue weighted by Crippen LogP contribution is -2.15. The second-order valence-corrected chi connectivity index (χ2v) is 5.61. The monoisotopic (exact) mass is 286 g/mol. The van der Waals surface area contributed by atoms with Crippen LogP contribution in [-0.4, -0.2) is 31.3 Å². The molecule has 0 amide bonds. The third kappa shape index (κ3) is 2.14. The molecule has 2 rings (SSSR count). The van der Waals surface area contributed by atoms with E-state index in [0.717, 1.165) is 34.9 Å². The van der Waals surface area contributed by atoms with E-state index in [4.69, 9.17) is 11.6 Å². The van der Waals surface area contributed by atoms with Gasteiger partial charge < -0.3 is 4.57 Å². The predicted molar refractivity (Wildman–Crippen MR) is 78.5 cm³/mol. The summed E-state index contributed by atoms with van der Waals surface area (Å²) in [5.41, 5.74) is 3.04. The van der Waals surface area contributed by atoms with Crippen LogP contribution in [0.1, 0.15) is 30.9 Å². The fourth-order valence-corrected chi connectivity index (χ4v) is 3.34. The van der Waals surface area contributed by atoms with Crippen LogP contribution >= 0.6 is 23.4 Å². The fourth-order valence-electron chi connectivity index (χ4n) is 2.39. The smallest absolute Gasteiger partial charge is 0.158 e. The molecular weight excluding hydrogens is 268 g/mol. The first-order valence-electron chi connectivity index (χ1n) is 6.09. The molecule has 0 saturated heterocycles. The molecule has 0 spiro atoms. The van der Waals surface area contributed by atoms with Gasteiger partial charge in [0.25, 0.3) is 0 Å². The molecule has 0 N–H and O–H groups in total. The van der Waals surface area contributed by atoms with Gasteiger partial charge in [-0.3, -0.25) is 4.68 Å². The predicted octanol–water partition coefficient (Wildman–Crippen LogP) is 3.13. The van der Waals surface area contributed by atoms with Gasteiger partial charge in [0.15, 0.2) is 5.65 Å². The zero-order valence-electron chi connectivity index (χ0n) is 11.3. The second kappa shape index (κ2) is 5.53. The molecule has 1 unspecified atom stereocenters. The number of nitrogens with zero attached hydrogens (tertiary/aromatic N) is 4. The van der Waals surface area contributed by atoms with E-state index in [1.165, 1.54) is 0 Å². The first-order valence-corrected chi connectivity index (χ1v) is 8.02. The summed E-state index contributed by atoms with van der Waals surface area (Å²) in [4.78, 5) is 4.64. The minimum Gasteiger partial charge on any atom is -0.308 e. The number of halogens is 1. The Morgan fingerprint density at radius 3 is 2.72 bits per heavy atom. The second-order valence-electron chi connectivity index (χ2n) is 4.43. The summed E-state index contributed by atoms with van der Waals surface area (Å²) in [6.07, 6.45) is 3.20. The van der Waals surface area contributed by atoms with Crippen molar-refractivity contribution in [3.63, 3.8) is 0 Å². The van der Waals surface area contributed by atoms with Crippen LogP contribution in [0.2, 0.25) is 0 Å². The fraction of sp³-hybridized carbons (Fsp3) is 0.667. The van der Waals surface area contributed by atoms with Crippen molar-refractivity contribution in [2.75, 3.05) is 12.0 Å². The Kier molecular flexibility index (Phi) is 4.22. The molecule has 18 heavy (non-hydrogen) atoms. The van der Waals surface area contributed by atoms with Crippen LogP contribution < -0.4 is 0 Å². The number of alkyl halides is 1. The Bertz CT molecular complexity index is 546. The number of thioether (sulfide) groups is 1. The SMILES string of the molecule is CCC(CSC)n1c(CCl)nc2c(C)nn(C)c21. The van der Waals surface area contributed by atoms with Crippen LogP contribution in [0, 0.1) is 6.92 Å². The molecule has 2 aromatic rings. The van der Waals surface area contributed by atoms with E-state index < -0.39 is 0 Å². The normalized spacial score (nSPS) is 13.4. The third-order valence-corrected chi connectivity index (χ3v) is 4.18. The van der Waals surface area contributed by atoms with E-state index in [2.05, 4.69) is 27.8 Å². The maximum Gasteiger partial charge on any atom is 0.158 e. The van der Waals surface area contributed by atoms with Crippen LogP contribution in [0.25, 0.3) is 11.2 Å². The average molecular weight is 287 g/mol. The quantitative estimate of drug-likeness (QED) is 0.792. The number of hydrogen-bond acceptors (Lipinski definition) is 3. The van der Waals surface area contributed by atoms with E-state index in [1.807, 2.05) is 30.4 Å². The molecule has 2 aromatic heterocycles. The van der Waals surface area contributed by atoms with Crippen molar-refractivity contribution in [3.05, 3.63) is 11.5 Å². The number of fused-ring (bicyclic) bond motifs is 1. The standard InChI is InChI=1S/C12H19ClN4S/c1-5-9(7-18-4)17-10(6-13)14-11-8(2)15-16(3)12(11)17/h9H,5-7H2,1-4H3. The van der Waals surface area contributed by atoms with E-state index >= 15 is 0 Å². The summed E-state index contributed by atoms with van der Waals surface area (Å²) in [6, 6.07) is 0.425. The number of imidazole rings is 1. The highest BCUT2D eigenvalue weighted by Crippen LogP contribution is 2.27. The Morgan fingerprint density at radius 1 is 1.44 bits per heavy atom. The van der Waals surface area contributed by atoms with Crippen LogP contribution in [-0.2, 0) is 12.9 Å². The van der Waals surface area contributed by atoms with Crippen LogP contribution in [0.15, 0.2) is 0 Å². The minimum atomic E-state index is 0.425. The Morgan fingerprint density at radius 2 is 2.17 bits per heavy atom. The maximum atomic E-state index is 6.05. The maximum absolute atomic E-state index is 6.05. The van der Waals surface area contributed by atoms with Gasteiger partial charge in [0.2, 0.25) is 0 Å². The highest BCUT2D eigenvalue weighted by molar-refractivity contribution is 7.98. The molecule has 100 valence electrons. The lowest BCUT2D eigenvalue weighted by atomic mass is 10.2. The van der Waals surface area contributed by atoms with Crippen molar-refractivity contribution in [1.82, 2.24) is 19.3 Å². The van der Waals surface area contributed by atoms with Crippen molar-refractivity contribution in [2.45, 2.75) is 32.2 Å². The zero-order valence-corrected chi connectivity index (χ0v) is 12.8. The highest BCUT2D eigenvalue weighted by Gasteiger charge is 2.21. The number of aryl methyl sites for hydroxylation is 2. The van der Waals surface area contributed by atoms with Crippen LogP contribution in [0.4, 0.5) is 0 Å². The van der Waals surface area contributed by atoms with Crippen molar-refractivity contribution < 1.29 is 0 Å². The molecule has 0 aliphatic heterocycles. The molecule has 0 aliphatic rings. The molecule has 0 bridgehead atoms. The summed E-state index contributed by atoms with van der Waals surface area (Å²) in [7, 11) is 1.97. The molecule has 0 fully saturated rings. The van der Waals surface area contributed by atoms with Gasteiger partial charge in [0.1, 0.15) is 11.3 Å². The molecule has 2 heterocycles. The van der Waals surface area contributed by atoms with E-state index in [1.54, 1.807) is 0 Å². The summed E-state index contributed by atoms with van der Waals surface area (Å²) in [6.45, 7) is 4.20. The van der Waals surface area contributed by atoms with Crippen molar-refractivity contribution in [1.29, 1.82) is 0 Å². The third-order valence-electron chi connectivity index (χ3n) is 3.22. The molecule has 1 atom stereocenters. The Labute approximate surface area is 117 Å². The molecule has 4 nitrogen and oxygen atoms in total. The van der Waals surface area contributed by atoms with Crippen molar-refractivity contribution >= 4 is 34.5 Å². The van der Waals surface area contributed by atoms with Gasteiger partial charge in [0, 0.05) is 18.8 Å². The Hall–Kier alpha value is -0.680. The summed E-state index contributed by atoms with van der Waals surface area (Å²) in [5.74, 6) is 2.46. The number of hydrogen-bond donors (Lipinski definition) is 0. The van der Waals surface area contributed by atoms with Gasteiger partial charge in [-0.05, 0) is 19.6 Å². The first kappa shape index (κ1) is 13.7. The molecule has 6 heteroatoms. The molecule has 0 aromatic carbocycles. The molecular formula is C12H19ClN4S. The lowest BCUT2D eigenvalue weighted by Gasteiger charge is -2.18. The van der Waals surface area contributed by atoms with E-state index in [9.17, 15) is 0 Å². The number of rotatable bonds is 5. The largest absolute Gasteiger partial charge is 0.308 e. The highest BCUT2D eigenvalue weighted by atomic mass is 35.5. The van der Waals surface area contributed by atoms with Gasteiger partial charge in [-0.2, -0.15) is 16.9 Å². The lowest BCUT2D eigenvalue weighted by molar-refractivity contribution is 0.525. The first-order chi connectivity index (χ1) is 8.63. The van der Waals surface area contributed by atoms with Crippen molar-refractivity contribution in [3.8, 4) is 0 Å². The summed E-state index contributed by atoms with van der Waals surface area (Å²) in [5, 5.41) is 4.45. The minimum absolute atomic E-state index is 0.425. The zero-order chi connectivity index (χ0) is 13.3. The van der Waals surface area contributed by atoms with E-state index in [-0.39, 0.29) is 0 Å². The molecule has 0 radical (unpaired) electrons. The molecule has 0 aliphatic carbocycles. The van der Waals surface area contributed by atoms with Gasteiger partial charge in [-0.25, -0.2) is 4.98 Å². The summed E-state index contributed by atoms with van der Waals surface area (Å²) >= 11 is 7.90. The topological polar surface area (TPSA) is 35.6 Å². The van der Waals surface area contributed by atoms with Crippen LogP contribution in [0.5, 0.6) is 0 Å².